The van der Waals surface area contributed by atoms with E-state index in [4.69, 9.17) is 0 Å². The van der Waals surface area contributed by atoms with Crippen LogP contribution in [0.15, 0.2) is 24.3 Å². The van der Waals surface area contributed by atoms with E-state index in [9.17, 15) is 14.3 Å². The van der Waals surface area contributed by atoms with Gasteiger partial charge in [0.15, 0.2) is 0 Å². The van der Waals surface area contributed by atoms with E-state index in [1.165, 1.54) is 12.1 Å². The molecule has 0 saturated heterocycles. The normalized spacial score (nSPS) is 15.4. The largest absolute Gasteiger partial charge is 0.388 e. The average Bonchev–Trinajstić information content (AvgIpc) is 2.38. The first-order chi connectivity index (χ1) is 8.86. The summed E-state index contributed by atoms with van der Waals surface area (Å²) in [7, 11) is 0. The van der Waals surface area contributed by atoms with Gasteiger partial charge >= 0.3 is 6.03 Å². The van der Waals surface area contributed by atoms with Crippen molar-refractivity contribution in [2.24, 2.45) is 5.92 Å². The van der Waals surface area contributed by atoms with Gasteiger partial charge in [0.2, 0.25) is 0 Å². The molecule has 106 valence electrons. The molecule has 2 unspecified atom stereocenters. The number of hydrogen-bond acceptors (Lipinski definition) is 2. The van der Waals surface area contributed by atoms with E-state index in [2.05, 4.69) is 10.6 Å². The lowest BCUT2D eigenvalue weighted by molar-refractivity contribution is 0.00827. The molecule has 4 nitrogen and oxygen atoms in total. The van der Waals surface area contributed by atoms with Crippen LogP contribution in [0.25, 0.3) is 0 Å². The van der Waals surface area contributed by atoms with Crippen LogP contribution in [0.3, 0.4) is 0 Å². The number of aliphatic hydroxyl groups is 1. The highest BCUT2D eigenvalue weighted by Crippen LogP contribution is 2.19. The summed E-state index contributed by atoms with van der Waals surface area (Å²) in [5.74, 6) is -0.437. The van der Waals surface area contributed by atoms with Gasteiger partial charge < -0.3 is 15.7 Å². The Morgan fingerprint density at radius 1 is 1.47 bits per heavy atom. The van der Waals surface area contributed by atoms with Gasteiger partial charge in [-0.05, 0) is 25.0 Å². The molecule has 1 rings (SSSR count). The Morgan fingerprint density at radius 3 is 2.68 bits per heavy atom. The van der Waals surface area contributed by atoms with Gasteiger partial charge in [0.05, 0.1) is 11.3 Å². The topological polar surface area (TPSA) is 61.4 Å². The lowest BCUT2D eigenvalue weighted by Gasteiger charge is -2.29. The third kappa shape index (κ3) is 4.52. The van der Waals surface area contributed by atoms with Crippen LogP contribution in [0.4, 0.5) is 14.9 Å². The molecule has 0 radical (unpaired) electrons. The van der Waals surface area contributed by atoms with Crippen molar-refractivity contribution in [1.29, 1.82) is 0 Å². The van der Waals surface area contributed by atoms with Crippen molar-refractivity contribution < 1.29 is 14.3 Å². The molecule has 0 aliphatic rings. The Labute approximate surface area is 113 Å². The van der Waals surface area contributed by atoms with E-state index in [1.807, 2.05) is 13.8 Å². The minimum Gasteiger partial charge on any atom is -0.388 e. The fraction of sp³-hybridized carbons (Fsp3) is 0.500. The van der Waals surface area contributed by atoms with E-state index in [0.29, 0.717) is 0 Å². The number of carbonyl (C=O) groups excluding carboxylic acids is 1. The van der Waals surface area contributed by atoms with Crippen molar-refractivity contribution in [3.05, 3.63) is 30.1 Å². The minimum absolute atomic E-state index is 0.0567. The van der Waals surface area contributed by atoms with Crippen molar-refractivity contribution in [2.75, 3.05) is 11.9 Å². The number of para-hydroxylation sites is 1. The highest BCUT2D eigenvalue weighted by Gasteiger charge is 2.27. The summed E-state index contributed by atoms with van der Waals surface area (Å²) in [6, 6.07) is 5.39. The molecule has 0 bridgehead atoms. The second-order valence-corrected chi connectivity index (χ2v) is 4.95. The van der Waals surface area contributed by atoms with Gasteiger partial charge in [0.25, 0.3) is 0 Å². The maximum absolute atomic E-state index is 13.3. The smallest absolute Gasteiger partial charge is 0.319 e. The van der Waals surface area contributed by atoms with E-state index >= 15 is 0 Å². The van der Waals surface area contributed by atoms with Crippen LogP contribution < -0.4 is 10.6 Å². The standard InChI is InChI=1S/C14H21FN2O2/c1-4-10(2)14(3,19)9-16-13(18)17-12-8-6-5-7-11(12)15/h5-8,10,19H,4,9H2,1-3H3,(H2,16,17,18). The zero-order valence-corrected chi connectivity index (χ0v) is 11.5. The Bertz CT molecular complexity index is 435. The second-order valence-electron chi connectivity index (χ2n) is 4.95. The Balaban J connectivity index is 2.51. The number of rotatable bonds is 5. The van der Waals surface area contributed by atoms with Crippen LogP contribution >= 0.6 is 0 Å². The van der Waals surface area contributed by atoms with E-state index in [1.54, 1.807) is 19.1 Å². The van der Waals surface area contributed by atoms with Crippen LogP contribution in [0.1, 0.15) is 27.2 Å². The van der Waals surface area contributed by atoms with Crippen LogP contribution in [0, 0.1) is 11.7 Å². The molecule has 5 heteroatoms. The maximum Gasteiger partial charge on any atom is 0.319 e. The Hall–Kier alpha value is -1.62. The van der Waals surface area contributed by atoms with Gasteiger partial charge in [-0.25, -0.2) is 9.18 Å². The number of anilines is 1. The van der Waals surface area contributed by atoms with E-state index < -0.39 is 17.4 Å². The quantitative estimate of drug-likeness (QED) is 0.769. The van der Waals surface area contributed by atoms with Crippen molar-refractivity contribution in [2.45, 2.75) is 32.8 Å². The minimum atomic E-state index is -0.985. The highest BCUT2D eigenvalue weighted by atomic mass is 19.1. The third-order valence-corrected chi connectivity index (χ3v) is 3.40. The fourth-order valence-corrected chi connectivity index (χ4v) is 1.60. The molecule has 0 aromatic heterocycles. The summed E-state index contributed by atoms with van der Waals surface area (Å²) in [6.07, 6.45) is 0.809. The summed E-state index contributed by atoms with van der Waals surface area (Å²) >= 11 is 0. The lowest BCUT2D eigenvalue weighted by atomic mass is 9.89. The molecule has 0 spiro atoms. The average molecular weight is 268 g/mol. The monoisotopic (exact) mass is 268 g/mol. The molecule has 0 aliphatic carbocycles. The van der Waals surface area contributed by atoms with E-state index in [0.717, 1.165) is 6.42 Å². The summed E-state index contributed by atoms with van der Waals surface area (Å²) in [5.41, 5.74) is -0.871. The summed E-state index contributed by atoms with van der Waals surface area (Å²) in [6.45, 7) is 5.67. The molecular weight excluding hydrogens is 247 g/mol. The lowest BCUT2D eigenvalue weighted by Crippen LogP contribution is -2.46. The van der Waals surface area contributed by atoms with Crippen LogP contribution in [-0.2, 0) is 0 Å². The van der Waals surface area contributed by atoms with Crippen molar-refractivity contribution >= 4 is 11.7 Å². The molecule has 0 saturated carbocycles. The maximum atomic E-state index is 13.3. The van der Waals surface area contributed by atoms with Gasteiger partial charge in [0.1, 0.15) is 5.82 Å². The molecular formula is C14H21FN2O2. The number of hydrogen-bond donors (Lipinski definition) is 3. The molecule has 0 heterocycles. The number of carbonyl (C=O) groups is 1. The first kappa shape index (κ1) is 15.4. The molecule has 1 aromatic carbocycles. The van der Waals surface area contributed by atoms with E-state index in [-0.39, 0.29) is 18.2 Å². The van der Waals surface area contributed by atoms with Gasteiger partial charge in [-0.3, -0.25) is 0 Å². The third-order valence-electron chi connectivity index (χ3n) is 3.40. The number of amides is 2. The van der Waals surface area contributed by atoms with Crippen LogP contribution in [-0.4, -0.2) is 23.3 Å². The van der Waals surface area contributed by atoms with Gasteiger partial charge in [0, 0.05) is 6.54 Å². The number of urea groups is 1. The molecule has 2 atom stereocenters. The first-order valence-corrected chi connectivity index (χ1v) is 6.38. The molecule has 0 aliphatic heterocycles. The molecule has 19 heavy (non-hydrogen) atoms. The van der Waals surface area contributed by atoms with Crippen molar-refractivity contribution in [3.63, 3.8) is 0 Å². The Kier molecular flexibility index (Phi) is 5.30. The molecule has 1 aromatic rings. The summed E-state index contributed by atoms with van der Waals surface area (Å²) < 4.78 is 13.3. The SMILES string of the molecule is CCC(C)C(C)(O)CNC(=O)Nc1ccccc1F. The van der Waals surface area contributed by atoms with Crippen molar-refractivity contribution in [1.82, 2.24) is 5.32 Å². The zero-order chi connectivity index (χ0) is 14.5. The summed E-state index contributed by atoms with van der Waals surface area (Å²) in [4.78, 5) is 11.6. The number of benzene rings is 1. The number of nitrogens with one attached hydrogen (secondary N) is 2. The van der Waals surface area contributed by atoms with Gasteiger partial charge in [-0.1, -0.05) is 32.4 Å². The van der Waals surface area contributed by atoms with Gasteiger partial charge in [-0.2, -0.15) is 0 Å². The Morgan fingerprint density at radius 2 is 2.11 bits per heavy atom. The predicted octanol–water partition coefficient (Wildman–Crippen LogP) is 2.74. The van der Waals surface area contributed by atoms with Crippen LogP contribution in [0.2, 0.25) is 0 Å². The summed E-state index contributed by atoms with van der Waals surface area (Å²) in [5, 5.41) is 15.1. The zero-order valence-electron chi connectivity index (χ0n) is 11.5. The fourth-order valence-electron chi connectivity index (χ4n) is 1.60. The second kappa shape index (κ2) is 6.52. The van der Waals surface area contributed by atoms with Gasteiger partial charge in [-0.15, -0.1) is 0 Å². The molecule has 3 N–H and O–H groups in total. The number of halogens is 1. The predicted molar refractivity (Wildman–Crippen MR) is 73.5 cm³/mol. The molecule has 0 fully saturated rings. The first-order valence-electron chi connectivity index (χ1n) is 6.38. The highest BCUT2D eigenvalue weighted by molar-refractivity contribution is 5.89. The van der Waals surface area contributed by atoms with Crippen molar-refractivity contribution in [3.8, 4) is 0 Å². The van der Waals surface area contributed by atoms with Crippen LogP contribution in [0.5, 0.6) is 0 Å². The molecule has 2 amide bonds.